The molecule has 3 rings (SSSR count). The highest BCUT2D eigenvalue weighted by Gasteiger charge is 2.14. The molecule has 0 saturated heterocycles. The molecule has 0 aliphatic carbocycles. The topological polar surface area (TPSA) is 70.2 Å². The summed E-state index contributed by atoms with van der Waals surface area (Å²) in [5.41, 5.74) is 0. The lowest BCUT2D eigenvalue weighted by Gasteiger charge is -2.08. The lowest BCUT2D eigenvalue weighted by atomic mass is 10.3. The number of aldehydes is 1. The van der Waals surface area contributed by atoms with Crippen LogP contribution in [0.2, 0.25) is 0 Å². The molecule has 23 heavy (non-hydrogen) atoms. The van der Waals surface area contributed by atoms with E-state index in [2.05, 4.69) is 10.2 Å². The minimum atomic E-state index is 0.294. The van der Waals surface area contributed by atoms with Crippen LogP contribution in [-0.4, -0.2) is 21.1 Å². The van der Waals surface area contributed by atoms with Gasteiger partial charge in [0, 0.05) is 6.54 Å². The summed E-state index contributed by atoms with van der Waals surface area (Å²) in [6.07, 6.45) is 0.674. The maximum absolute atomic E-state index is 10.7. The Bertz CT molecular complexity index is 783. The van der Waals surface area contributed by atoms with Gasteiger partial charge in [0.2, 0.25) is 0 Å². The Morgan fingerprint density at radius 1 is 1.22 bits per heavy atom. The molecule has 2 aromatic heterocycles. The van der Waals surface area contributed by atoms with Crippen LogP contribution >= 0.6 is 11.8 Å². The maximum atomic E-state index is 10.7. The van der Waals surface area contributed by atoms with Gasteiger partial charge in [-0.1, -0.05) is 18.2 Å². The molecular formula is C16H15N3O3S. The number of hydrogen-bond donors (Lipinski definition) is 0. The smallest absolute Gasteiger partial charge is 0.199 e. The van der Waals surface area contributed by atoms with Gasteiger partial charge in [0.1, 0.15) is 12.4 Å². The Kier molecular flexibility index (Phi) is 4.77. The summed E-state index contributed by atoms with van der Waals surface area (Å²) in [7, 11) is 0. The van der Waals surface area contributed by atoms with E-state index >= 15 is 0 Å². The van der Waals surface area contributed by atoms with Gasteiger partial charge in [-0.05, 0) is 43.0 Å². The molecular weight excluding hydrogens is 314 g/mol. The molecule has 0 saturated carbocycles. The molecule has 0 bridgehead atoms. The standard InChI is InChI=1S/C16H15N3O3S/c1-2-19-14(11-21-12-6-4-3-5-7-12)17-18-16(19)23-15-9-8-13(10-20)22-15/h3-10H,2,11H2,1H3. The van der Waals surface area contributed by atoms with E-state index in [9.17, 15) is 4.79 Å². The van der Waals surface area contributed by atoms with Crippen molar-refractivity contribution in [3.8, 4) is 5.75 Å². The Morgan fingerprint density at radius 3 is 2.74 bits per heavy atom. The van der Waals surface area contributed by atoms with E-state index in [1.165, 1.54) is 11.8 Å². The molecule has 0 unspecified atom stereocenters. The van der Waals surface area contributed by atoms with Gasteiger partial charge < -0.3 is 13.7 Å². The fraction of sp³-hybridized carbons (Fsp3) is 0.188. The maximum Gasteiger partial charge on any atom is 0.199 e. The van der Waals surface area contributed by atoms with E-state index in [4.69, 9.17) is 9.15 Å². The second kappa shape index (κ2) is 7.15. The summed E-state index contributed by atoms with van der Waals surface area (Å²) in [4.78, 5) is 10.7. The van der Waals surface area contributed by atoms with Crippen LogP contribution in [-0.2, 0) is 13.2 Å². The first-order chi connectivity index (χ1) is 11.3. The molecule has 0 spiro atoms. The third-order valence-corrected chi connectivity index (χ3v) is 4.04. The van der Waals surface area contributed by atoms with Crippen LogP contribution in [0.1, 0.15) is 23.3 Å². The number of carbonyl (C=O) groups excluding carboxylic acids is 1. The summed E-state index contributed by atoms with van der Waals surface area (Å²) < 4.78 is 13.0. The SMILES string of the molecule is CCn1c(COc2ccccc2)nnc1Sc1ccc(C=O)o1. The number of para-hydroxylation sites is 1. The zero-order valence-electron chi connectivity index (χ0n) is 12.5. The highest BCUT2D eigenvalue weighted by Crippen LogP contribution is 2.28. The van der Waals surface area contributed by atoms with Crippen LogP contribution in [0.4, 0.5) is 0 Å². The zero-order chi connectivity index (χ0) is 16.1. The second-order valence-corrected chi connectivity index (χ2v) is 5.59. The fourth-order valence-electron chi connectivity index (χ4n) is 2.03. The first kappa shape index (κ1) is 15.4. The third-order valence-electron chi connectivity index (χ3n) is 3.13. The van der Waals surface area contributed by atoms with Crippen LogP contribution in [0.3, 0.4) is 0 Å². The van der Waals surface area contributed by atoms with Crippen molar-refractivity contribution >= 4 is 18.0 Å². The third kappa shape index (κ3) is 3.62. The number of hydrogen-bond acceptors (Lipinski definition) is 6. The molecule has 0 N–H and O–H groups in total. The highest BCUT2D eigenvalue weighted by atomic mass is 32.2. The van der Waals surface area contributed by atoms with E-state index in [1.807, 2.05) is 41.8 Å². The van der Waals surface area contributed by atoms with Gasteiger partial charge in [0.05, 0.1) is 0 Å². The van der Waals surface area contributed by atoms with Gasteiger partial charge in [-0.15, -0.1) is 10.2 Å². The average molecular weight is 329 g/mol. The molecule has 0 aliphatic rings. The first-order valence-corrected chi connectivity index (χ1v) is 7.94. The Balaban J connectivity index is 1.72. The molecule has 0 fully saturated rings. The van der Waals surface area contributed by atoms with Crippen LogP contribution in [0.5, 0.6) is 5.75 Å². The molecule has 0 atom stereocenters. The Labute approximate surface area is 137 Å². The van der Waals surface area contributed by atoms with Crippen molar-refractivity contribution < 1.29 is 13.9 Å². The largest absolute Gasteiger partial charge is 0.486 e. The van der Waals surface area contributed by atoms with Crippen molar-refractivity contribution in [1.29, 1.82) is 0 Å². The second-order valence-electron chi connectivity index (χ2n) is 4.62. The molecule has 6 nitrogen and oxygen atoms in total. The van der Waals surface area contributed by atoms with E-state index in [1.54, 1.807) is 12.1 Å². The molecule has 0 aliphatic heterocycles. The lowest BCUT2D eigenvalue weighted by Crippen LogP contribution is -2.06. The summed E-state index contributed by atoms with van der Waals surface area (Å²) >= 11 is 1.33. The molecule has 1 aromatic carbocycles. The highest BCUT2D eigenvalue weighted by molar-refractivity contribution is 7.99. The van der Waals surface area contributed by atoms with Crippen molar-refractivity contribution in [1.82, 2.24) is 14.8 Å². The molecule has 0 amide bonds. The van der Waals surface area contributed by atoms with Crippen LogP contribution in [0.15, 0.2) is 57.1 Å². The first-order valence-electron chi connectivity index (χ1n) is 7.13. The van der Waals surface area contributed by atoms with Crippen LogP contribution < -0.4 is 4.74 Å². The minimum absolute atomic E-state index is 0.294. The van der Waals surface area contributed by atoms with Crippen molar-refractivity contribution in [3.05, 3.63) is 54.0 Å². The van der Waals surface area contributed by atoms with Crippen molar-refractivity contribution in [3.63, 3.8) is 0 Å². The van der Waals surface area contributed by atoms with Crippen molar-refractivity contribution in [2.24, 2.45) is 0 Å². The van der Waals surface area contributed by atoms with E-state index in [0.29, 0.717) is 35.4 Å². The summed E-state index contributed by atoms with van der Waals surface area (Å²) in [5, 5.41) is 9.66. The molecule has 7 heteroatoms. The number of furan rings is 1. The monoisotopic (exact) mass is 329 g/mol. The van der Waals surface area contributed by atoms with Crippen LogP contribution in [0, 0.1) is 0 Å². The predicted octanol–water partition coefficient (Wildman–Crippen LogP) is 3.43. The zero-order valence-corrected chi connectivity index (χ0v) is 13.3. The van der Waals surface area contributed by atoms with Gasteiger partial charge in [0.25, 0.3) is 0 Å². The van der Waals surface area contributed by atoms with Crippen LogP contribution in [0.25, 0.3) is 0 Å². The molecule has 2 heterocycles. The van der Waals surface area contributed by atoms with Crippen molar-refractivity contribution in [2.75, 3.05) is 0 Å². The number of aromatic nitrogens is 3. The molecule has 0 radical (unpaired) electrons. The summed E-state index contributed by atoms with van der Waals surface area (Å²) in [6, 6.07) is 12.9. The predicted molar refractivity (Wildman–Crippen MR) is 84.7 cm³/mol. The van der Waals surface area contributed by atoms with E-state index < -0.39 is 0 Å². The van der Waals surface area contributed by atoms with Gasteiger partial charge in [-0.2, -0.15) is 0 Å². The number of carbonyl (C=O) groups is 1. The summed E-state index contributed by atoms with van der Waals surface area (Å²) in [6.45, 7) is 3.06. The van der Waals surface area contributed by atoms with E-state index in [0.717, 1.165) is 11.6 Å². The number of ether oxygens (including phenoxy) is 1. The van der Waals surface area contributed by atoms with Gasteiger partial charge >= 0.3 is 0 Å². The van der Waals surface area contributed by atoms with Crippen molar-refractivity contribution in [2.45, 2.75) is 30.3 Å². The Hall–Kier alpha value is -2.54. The lowest BCUT2D eigenvalue weighted by molar-refractivity contribution is 0.109. The average Bonchev–Trinajstić information content (AvgIpc) is 3.20. The molecule has 3 aromatic rings. The van der Waals surface area contributed by atoms with Gasteiger partial charge in [0.15, 0.2) is 28.1 Å². The molecule has 118 valence electrons. The van der Waals surface area contributed by atoms with Gasteiger partial charge in [-0.25, -0.2) is 0 Å². The summed E-state index contributed by atoms with van der Waals surface area (Å²) in [5.74, 6) is 1.82. The normalized spacial score (nSPS) is 10.7. The quantitative estimate of drug-likeness (QED) is 0.619. The van der Waals surface area contributed by atoms with E-state index in [-0.39, 0.29) is 0 Å². The number of rotatable bonds is 7. The number of benzene rings is 1. The Morgan fingerprint density at radius 2 is 2.04 bits per heavy atom. The fourth-order valence-corrected chi connectivity index (χ4v) is 2.91. The minimum Gasteiger partial charge on any atom is -0.486 e. The van der Waals surface area contributed by atoms with Gasteiger partial charge in [-0.3, -0.25) is 4.79 Å². The number of nitrogens with zero attached hydrogens (tertiary/aromatic N) is 3.